The van der Waals surface area contributed by atoms with E-state index in [4.69, 9.17) is 0 Å². The molecule has 1 amide bonds. The minimum atomic E-state index is 0.0716. The third-order valence-electron chi connectivity index (χ3n) is 3.75. The molecule has 1 atom stereocenters. The summed E-state index contributed by atoms with van der Waals surface area (Å²) in [7, 11) is 1.86. The third kappa shape index (κ3) is 3.35. The van der Waals surface area contributed by atoms with Crippen LogP contribution >= 0.6 is 0 Å². The van der Waals surface area contributed by atoms with E-state index >= 15 is 0 Å². The molecule has 1 fully saturated rings. The van der Waals surface area contributed by atoms with Gasteiger partial charge in [0.1, 0.15) is 5.69 Å². The van der Waals surface area contributed by atoms with Crippen LogP contribution < -0.4 is 5.32 Å². The first-order chi connectivity index (χ1) is 9.09. The van der Waals surface area contributed by atoms with Gasteiger partial charge in [0.25, 0.3) is 5.91 Å². The number of aryl methyl sites for hydroxylation is 1. The first kappa shape index (κ1) is 14.1. The van der Waals surface area contributed by atoms with Crippen molar-refractivity contribution in [3.05, 3.63) is 18.2 Å². The second-order valence-corrected chi connectivity index (χ2v) is 5.59. The Balaban J connectivity index is 2.07. The van der Waals surface area contributed by atoms with Crippen LogP contribution in [0.4, 0.5) is 0 Å². The molecule has 0 aromatic carbocycles. The zero-order valence-electron chi connectivity index (χ0n) is 12.1. The van der Waals surface area contributed by atoms with Crippen molar-refractivity contribution in [2.75, 3.05) is 13.1 Å². The Hall–Kier alpha value is -1.36. The highest BCUT2D eigenvalue weighted by molar-refractivity contribution is 5.92. The minimum absolute atomic E-state index is 0.0716. The number of nitrogens with one attached hydrogen (secondary N) is 1. The average molecular weight is 264 g/mol. The number of rotatable bonds is 4. The van der Waals surface area contributed by atoms with E-state index in [1.54, 1.807) is 17.1 Å². The SMILES string of the molecule is CC(C)N(CC1CCCCN1)C(=O)c1cncn1C. The molecule has 1 aromatic heterocycles. The highest BCUT2D eigenvalue weighted by Gasteiger charge is 2.25. The Morgan fingerprint density at radius 3 is 2.89 bits per heavy atom. The molecule has 106 valence electrons. The summed E-state index contributed by atoms with van der Waals surface area (Å²) in [5, 5.41) is 3.50. The Morgan fingerprint density at radius 2 is 2.37 bits per heavy atom. The minimum Gasteiger partial charge on any atom is -0.333 e. The smallest absolute Gasteiger partial charge is 0.272 e. The second-order valence-electron chi connectivity index (χ2n) is 5.59. The molecular weight excluding hydrogens is 240 g/mol. The number of piperidine rings is 1. The van der Waals surface area contributed by atoms with Crippen LogP contribution in [0.15, 0.2) is 12.5 Å². The Kier molecular flexibility index (Phi) is 4.58. The van der Waals surface area contributed by atoms with Crippen LogP contribution in [0.5, 0.6) is 0 Å². The molecule has 1 aliphatic heterocycles. The van der Waals surface area contributed by atoms with Gasteiger partial charge in [-0.1, -0.05) is 6.42 Å². The van der Waals surface area contributed by atoms with Gasteiger partial charge in [0.05, 0.1) is 12.5 Å². The van der Waals surface area contributed by atoms with E-state index in [9.17, 15) is 4.79 Å². The van der Waals surface area contributed by atoms with Crippen LogP contribution in [0.1, 0.15) is 43.6 Å². The van der Waals surface area contributed by atoms with E-state index in [0.29, 0.717) is 11.7 Å². The van der Waals surface area contributed by atoms with Gasteiger partial charge in [-0.15, -0.1) is 0 Å². The maximum Gasteiger partial charge on any atom is 0.272 e. The van der Waals surface area contributed by atoms with Gasteiger partial charge in [-0.05, 0) is 33.2 Å². The van der Waals surface area contributed by atoms with Gasteiger partial charge >= 0.3 is 0 Å². The highest BCUT2D eigenvalue weighted by Crippen LogP contribution is 2.13. The molecule has 0 aliphatic carbocycles. The molecule has 1 N–H and O–H groups in total. The summed E-state index contributed by atoms with van der Waals surface area (Å²) in [5.74, 6) is 0.0716. The highest BCUT2D eigenvalue weighted by atomic mass is 16.2. The van der Waals surface area contributed by atoms with Crippen molar-refractivity contribution in [1.29, 1.82) is 0 Å². The van der Waals surface area contributed by atoms with E-state index in [1.165, 1.54) is 12.8 Å². The van der Waals surface area contributed by atoms with Crippen molar-refractivity contribution in [2.45, 2.75) is 45.2 Å². The zero-order chi connectivity index (χ0) is 13.8. The van der Waals surface area contributed by atoms with Gasteiger partial charge in [0, 0.05) is 25.7 Å². The lowest BCUT2D eigenvalue weighted by atomic mass is 10.0. The van der Waals surface area contributed by atoms with Crippen molar-refractivity contribution in [2.24, 2.45) is 7.05 Å². The van der Waals surface area contributed by atoms with Gasteiger partial charge in [0.2, 0.25) is 0 Å². The standard InChI is InChI=1S/C14H24N4O/c1-11(2)18(9-12-6-4-5-7-16-12)14(19)13-8-15-10-17(13)3/h8,10-12,16H,4-7,9H2,1-3H3. The zero-order valence-corrected chi connectivity index (χ0v) is 12.1. The maximum absolute atomic E-state index is 12.6. The Labute approximate surface area is 115 Å². The monoisotopic (exact) mass is 264 g/mol. The van der Waals surface area contributed by atoms with Crippen LogP contribution in [0.25, 0.3) is 0 Å². The number of aromatic nitrogens is 2. The quantitative estimate of drug-likeness (QED) is 0.894. The van der Waals surface area contributed by atoms with Crippen molar-refractivity contribution < 1.29 is 4.79 Å². The first-order valence-corrected chi connectivity index (χ1v) is 7.10. The molecule has 19 heavy (non-hydrogen) atoms. The summed E-state index contributed by atoms with van der Waals surface area (Å²) < 4.78 is 1.78. The fourth-order valence-electron chi connectivity index (χ4n) is 2.56. The van der Waals surface area contributed by atoms with Crippen LogP contribution in [-0.2, 0) is 7.05 Å². The van der Waals surface area contributed by atoms with Gasteiger partial charge in [-0.25, -0.2) is 4.98 Å². The second kappa shape index (κ2) is 6.19. The molecule has 0 radical (unpaired) electrons. The summed E-state index contributed by atoms with van der Waals surface area (Å²) in [6.07, 6.45) is 6.97. The summed E-state index contributed by atoms with van der Waals surface area (Å²) in [4.78, 5) is 18.6. The third-order valence-corrected chi connectivity index (χ3v) is 3.75. The summed E-state index contributed by atoms with van der Waals surface area (Å²) >= 11 is 0. The lowest BCUT2D eigenvalue weighted by molar-refractivity contribution is 0.0667. The van der Waals surface area contributed by atoms with Crippen molar-refractivity contribution in [3.63, 3.8) is 0 Å². The predicted octanol–water partition coefficient (Wildman–Crippen LogP) is 1.41. The molecule has 0 saturated carbocycles. The molecule has 1 aliphatic rings. The number of hydrogen-bond acceptors (Lipinski definition) is 3. The van der Waals surface area contributed by atoms with E-state index in [1.807, 2.05) is 11.9 Å². The largest absolute Gasteiger partial charge is 0.333 e. The maximum atomic E-state index is 12.6. The molecule has 1 aromatic rings. The summed E-state index contributed by atoms with van der Waals surface area (Å²) in [6, 6.07) is 0.624. The van der Waals surface area contributed by atoms with E-state index < -0.39 is 0 Å². The van der Waals surface area contributed by atoms with Crippen molar-refractivity contribution in [3.8, 4) is 0 Å². The molecule has 5 nitrogen and oxygen atoms in total. The number of carbonyl (C=O) groups is 1. The fourth-order valence-corrected chi connectivity index (χ4v) is 2.56. The summed E-state index contributed by atoms with van der Waals surface area (Å²) in [6.45, 7) is 5.98. The number of hydrogen-bond donors (Lipinski definition) is 1. The van der Waals surface area contributed by atoms with Gasteiger partial charge in [-0.2, -0.15) is 0 Å². The van der Waals surface area contributed by atoms with Gasteiger partial charge < -0.3 is 14.8 Å². The molecular formula is C14H24N4O. The van der Waals surface area contributed by atoms with Crippen LogP contribution in [0, 0.1) is 0 Å². The normalized spacial score (nSPS) is 19.7. The number of amides is 1. The van der Waals surface area contributed by atoms with E-state index in [0.717, 1.165) is 19.5 Å². The molecule has 0 spiro atoms. The van der Waals surface area contributed by atoms with Crippen LogP contribution in [0.3, 0.4) is 0 Å². The molecule has 0 bridgehead atoms. The van der Waals surface area contributed by atoms with Crippen LogP contribution in [-0.4, -0.2) is 45.5 Å². The summed E-state index contributed by atoms with van der Waals surface area (Å²) in [5.41, 5.74) is 0.657. The predicted molar refractivity (Wildman–Crippen MR) is 75.0 cm³/mol. The fraction of sp³-hybridized carbons (Fsp3) is 0.714. The molecule has 1 saturated heterocycles. The lowest BCUT2D eigenvalue weighted by Crippen LogP contribution is -2.48. The Bertz CT molecular complexity index is 421. The first-order valence-electron chi connectivity index (χ1n) is 7.10. The number of carbonyl (C=O) groups excluding carboxylic acids is 1. The van der Waals surface area contributed by atoms with Gasteiger partial charge in [0.15, 0.2) is 0 Å². The average Bonchev–Trinajstić information content (AvgIpc) is 2.82. The van der Waals surface area contributed by atoms with E-state index in [-0.39, 0.29) is 11.9 Å². The topological polar surface area (TPSA) is 50.2 Å². The Morgan fingerprint density at radius 1 is 1.58 bits per heavy atom. The van der Waals surface area contributed by atoms with Crippen molar-refractivity contribution >= 4 is 5.91 Å². The molecule has 1 unspecified atom stereocenters. The lowest BCUT2D eigenvalue weighted by Gasteiger charge is -2.33. The van der Waals surface area contributed by atoms with E-state index in [2.05, 4.69) is 24.1 Å². The number of nitrogens with zero attached hydrogens (tertiary/aromatic N) is 3. The number of imidazole rings is 1. The van der Waals surface area contributed by atoms with Crippen molar-refractivity contribution in [1.82, 2.24) is 19.8 Å². The molecule has 5 heteroatoms. The molecule has 2 rings (SSSR count). The molecule has 2 heterocycles. The van der Waals surface area contributed by atoms with Crippen LogP contribution in [0.2, 0.25) is 0 Å². The van der Waals surface area contributed by atoms with Gasteiger partial charge in [-0.3, -0.25) is 4.79 Å².